The Morgan fingerprint density at radius 2 is 1.45 bits per heavy atom. The molecule has 1 aliphatic carbocycles. The van der Waals surface area contributed by atoms with E-state index in [9.17, 15) is 0 Å². The Balaban J connectivity index is 1.81. The molecule has 0 aromatic heterocycles. The van der Waals surface area contributed by atoms with Crippen LogP contribution in [0.3, 0.4) is 0 Å². The Labute approximate surface area is 185 Å². The molecule has 2 rings (SSSR count). The van der Waals surface area contributed by atoms with Crippen LogP contribution in [0.5, 0.6) is 0 Å². The molecule has 1 heterocycles. The van der Waals surface area contributed by atoms with Gasteiger partial charge in [0, 0.05) is 0 Å². The summed E-state index contributed by atoms with van der Waals surface area (Å²) in [6.07, 6.45) is 19.7. The van der Waals surface area contributed by atoms with Crippen molar-refractivity contribution in [1.82, 2.24) is 0 Å². The molecule has 29 heavy (non-hydrogen) atoms. The van der Waals surface area contributed by atoms with Crippen molar-refractivity contribution in [3.63, 3.8) is 0 Å². The molecule has 2 aliphatic rings. The summed E-state index contributed by atoms with van der Waals surface area (Å²) in [5, 5.41) is 0. The molecule has 0 saturated carbocycles. The second-order valence-corrected chi connectivity index (χ2v) is 23.6. The molecular formula is C26H48O2Sn. The quantitative estimate of drug-likeness (QED) is 0.125. The number of ether oxygens (including phenoxy) is 2. The number of allylic oxidation sites excluding steroid dienone is 3. The molecule has 0 unspecified atom stereocenters. The van der Waals surface area contributed by atoms with E-state index in [1.165, 1.54) is 74.2 Å². The first-order chi connectivity index (χ1) is 14.1. The standard InChI is InChI=1S/C14H21O2.3C4H9.Sn/c1-3-4-5-6-7-13-8-9-14(12(13)2)15-10-11-16-14;3*1-3-4-2;/h3-4H,1,5-11H2,2H3;3*1,3-4H2,2H3;/b4-3+;;;;. The van der Waals surface area contributed by atoms with Crippen molar-refractivity contribution in [2.24, 2.45) is 0 Å². The molecule has 0 radical (unpaired) electrons. The van der Waals surface area contributed by atoms with E-state index in [0.717, 1.165) is 19.6 Å². The molecule has 168 valence electrons. The summed E-state index contributed by atoms with van der Waals surface area (Å²) in [5.41, 5.74) is 2.98. The first-order valence-electron chi connectivity index (χ1n) is 12.7. The summed E-state index contributed by atoms with van der Waals surface area (Å²) < 4.78 is 18.3. The fourth-order valence-electron chi connectivity index (χ4n) is 5.31. The van der Waals surface area contributed by atoms with Gasteiger partial charge < -0.3 is 0 Å². The molecule has 0 bridgehead atoms. The molecule has 1 fully saturated rings. The van der Waals surface area contributed by atoms with Gasteiger partial charge >= 0.3 is 186 Å². The van der Waals surface area contributed by atoms with Gasteiger partial charge in [-0.25, -0.2) is 0 Å². The molecular weight excluding hydrogens is 463 g/mol. The van der Waals surface area contributed by atoms with Crippen LogP contribution in [-0.4, -0.2) is 37.4 Å². The third-order valence-electron chi connectivity index (χ3n) is 7.36. The zero-order chi connectivity index (χ0) is 21.0. The van der Waals surface area contributed by atoms with Crippen LogP contribution < -0.4 is 0 Å². The Bertz CT molecular complexity index is 495. The van der Waals surface area contributed by atoms with Crippen LogP contribution in [0.25, 0.3) is 0 Å². The predicted molar refractivity (Wildman–Crippen MR) is 129 cm³/mol. The van der Waals surface area contributed by atoms with Crippen LogP contribution in [0, 0.1) is 0 Å². The van der Waals surface area contributed by atoms with E-state index in [2.05, 4.69) is 39.8 Å². The average molecular weight is 511 g/mol. The predicted octanol–water partition coefficient (Wildman–Crippen LogP) is 8.42. The Hall–Kier alpha value is 0.199. The zero-order valence-electron chi connectivity index (χ0n) is 20.0. The Kier molecular flexibility index (Phi) is 11.9. The van der Waals surface area contributed by atoms with Gasteiger partial charge in [-0.1, -0.05) is 0 Å². The van der Waals surface area contributed by atoms with E-state index < -0.39 is 18.4 Å². The Morgan fingerprint density at radius 1 is 0.862 bits per heavy atom. The van der Waals surface area contributed by atoms with Crippen molar-refractivity contribution in [3.8, 4) is 0 Å². The molecule has 0 aromatic rings. The maximum absolute atomic E-state index is 5.94. The van der Waals surface area contributed by atoms with Crippen molar-refractivity contribution in [2.75, 3.05) is 13.2 Å². The topological polar surface area (TPSA) is 18.5 Å². The second kappa shape index (κ2) is 13.6. The minimum absolute atomic E-state index is 0.336. The van der Waals surface area contributed by atoms with Crippen molar-refractivity contribution in [1.29, 1.82) is 0 Å². The molecule has 0 N–H and O–H groups in total. The van der Waals surface area contributed by atoms with Gasteiger partial charge in [0.1, 0.15) is 0 Å². The van der Waals surface area contributed by atoms with Crippen LogP contribution in [0.4, 0.5) is 0 Å². The van der Waals surface area contributed by atoms with Gasteiger partial charge in [0.05, 0.1) is 0 Å². The fraction of sp³-hybridized carbons (Fsp3) is 0.846. The minimum atomic E-state index is -1.96. The second-order valence-electron chi connectivity index (χ2n) is 9.56. The van der Waals surface area contributed by atoms with Crippen molar-refractivity contribution in [3.05, 3.63) is 23.3 Å². The summed E-state index contributed by atoms with van der Waals surface area (Å²) in [5.74, 6) is -0.336. The summed E-state index contributed by atoms with van der Waals surface area (Å²) in [6.45, 7) is 10.9. The first-order valence-corrected chi connectivity index (χ1v) is 20.8. The number of rotatable bonds is 15. The molecule has 1 spiro atoms. The third-order valence-corrected chi connectivity index (χ3v) is 22.6. The van der Waals surface area contributed by atoms with Gasteiger partial charge in [-0.2, -0.15) is 0 Å². The van der Waals surface area contributed by atoms with Crippen molar-refractivity contribution in [2.45, 2.75) is 122 Å². The van der Waals surface area contributed by atoms with E-state index in [0.29, 0.717) is 0 Å². The van der Waals surface area contributed by atoms with Crippen LogP contribution >= 0.6 is 0 Å². The molecule has 0 atom stereocenters. The average Bonchev–Trinajstić information content (AvgIpc) is 3.34. The SMILES string of the molecule is CCC[CH2][Sn]([CH2]/C=C/CCCC1=C(C)C2(CC1)OCCO2)([CH2]CCC)[CH2]CCC. The van der Waals surface area contributed by atoms with Crippen molar-refractivity contribution < 1.29 is 9.47 Å². The molecule has 3 heteroatoms. The number of hydrogen-bond acceptors (Lipinski definition) is 2. The van der Waals surface area contributed by atoms with Gasteiger partial charge in [0.2, 0.25) is 0 Å². The molecule has 1 aliphatic heterocycles. The van der Waals surface area contributed by atoms with E-state index in [-0.39, 0.29) is 5.79 Å². The molecule has 0 amide bonds. The van der Waals surface area contributed by atoms with Crippen LogP contribution in [0.2, 0.25) is 17.7 Å². The number of unbranched alkanes of at least 4 members (excludes halogenated alkanes) is 4. The third kappa shape index (κ3) is 7.68. The van der Waals surface area contributed by atoms with Gasteiger partial charge in [-0.15, -0.1) is 0 Å². The van der Waals surface area contributed by atoms with Crippen LogP contribution in [-0.2, 0) is 9.47 Å². The molecule has 0 aromatic carbocycles. The number of hydrogen-bond donors (Lipinski definition) is 0. The van der Waals surface area contributed by atoms with E-state index >= 15 is 0 Å². The van der Waals surface area contributed by atoms with Gasteiger partial charge in [0.15, 0.2) is 0 Å². The van der Waals surface area contributed by atoms with Gasteiger partial charge in [-0.3, -0.25) is 0 Å². The first kappa shape index (κ1) is 25.5. The zero-order valence-corrected chi connectivity index (χ0v) is 22.8. The van der Waals surface area contributed by atoms with Crippen LogP contribution in [0.15, 0.2) is 23.3 Å². The van der Waals surface area contributed by atoms with E-state index in [4.69, 9.17) is 9.47 Å². The van der Waals surface area contributed by atoms with Crippen molar-refractivity contribution >= 4 is 18.4 Å². The molecule has 2 nitrogen and oxygen atoms in total. The van der Waals surface area contributed by atoms with Gasteiger partial charge in [-0.05, 0) is 0 Å². The van der Waals surface area contributed by atoms with E-state index in [1.54, 1.807) is 18.9 Å². The van der Waals surface area contributed by atoms with Crippen LogP contribution in [0.1, 0.15) is 98.3 Å². The van der Waals surface area contributed by atoms with E-state index in [1.807, 2.05) is 0 Å². The molecule has 1 saturated heterocycles. The maximum atomic E-state index is 5.94. The monoisotopic (exact) mass is 512 g/mol. The van der Waals surface area contributed by atoms with Gasteiger partial charge in [0.25, 0.3) is 0 Å². The summed E-state index contributed by atoms with van der Waals surface area (Å²) in [6, 6.07) is 0. The normalized spacial score (nSPS) is 19.3. The Morgan fingerprint density at radius 3 is 2.00 bits per heavy atom. The summed E-state index contributed by atoms with van der Waals surface area (Å²) >= 11 is -1.96. The summed E-state index contributed by atoms with van der Waals surface area (Å²) in [4.78, 5) is 0. The summed E-state index contributed by atoms with van der Waals surface area (Å²) in [7, 11) is 0. The fourth-order valence-corrected chi connectivity index (χ4v) is 20.5.